The quantitative estimate of drug-likeness (QED) is 0.0469. The third-order valence-corrected chi connectivity index (χ3v) is 11.7. The smallest absolute Gasteiger partial charge is 0.243 e. The fraction of sp³-hybridized carbons (Fsp3) is 0.385. The first-order valence-corrected chi connectivity index (χ1v) is 22.1. The highest BCUT2D eigenvalue weighted by Gasteiger charge is 2.36. The predicted molar refractivity (Wildman–Crippen MR) is 251 cm³/mol. The molecule has 5 aromatic rings. The number of likely N-dealkylation sites (N-methyl/N-ethyl adjacent to an activating group) is 1. The number of benzene rings is 3. The minimum atomic E-state index is -0.237. The summed E-state index contributed by atoms with van der Waals surface area (Å²) < 4.78 is 5.75. The Kier molecular flexibility index (Phi) is 16.3. The second kappa shape index (κ2) is 22.2. The van der Waals surface area contributed by atoms with Crippen molar-refractivity contribution in [3.05, 3.63) is 138 Å². The van der Waals surface area contributed by atoms with Gasteiger partial charge in [-0.1, -0.05) is 102 Å². The summed E-state index contributed by atoms with van der Waals surface area (Å²) in [6.45, 7) is 10.0. The summed E-state index contributed by atoms with van der Waals surface area (Å²) >= 11 is 0. The van der Waals surface area contributed by atoms with E-state index in [1.54, 1.807) is 13.2 Å². The Labute approximate surface area is 363 Å². The van der Waals surface area contributed by atoms with Crippen LogP contribution in [0.4, 0.5) is 17.1 Å². The number of carbonyl (C=O) groups excluding carboxylic acids is 2. The second-order valence-electron chi connectivity index (χ2n) is 16.7. The van der Waals surface area contributed by atoms with Gasteiger partial charge in [0.15, 0.2) is 5.78 Å². The standard InChI is InChI=1S/C52H64N6O3/c1-6-7-8-9-10-11-12-19-44(59)24-20-39-21-25-45-46-26-23-43(36-48(46)52(2,3)47(45)34-39)57(4)38-51(60)56-41-22-27-49(50(35-41)61-5)55-31-33-58(37-42-18-14-16-30-54-42)32-28-40-17-13-15-29-53-40/h13-18,20-27,29-30,34-36,55H,6-12,19,28,31-33,37-38H2,1-5H3,(H,56,60)/b24-20+. The lowest BCUT2D eigenvalue weighted by molar-refractivity contribution is -0.115. The summed E-state index contributed by atoms with van der Waals surface area (Å²) in [6, 6.07) is 30.7. The van der Waals surface area contributed by atoms with Crippen molar-refractivity contribution in [3.8, 4) is 16.9 Å². The van der Waals surface area contributed by atoms with Gasteiger partial charge in [-0.2, -0.15) is 0 Å². The maximum atomic E-state index is 13.4. The monoisotopic (exact) mass is 821 g/mol. The molecule has 0 saturated heterocycles. The lowest BCUT2D eigenvalue weighted by Crippen LogP contribution is -2.31. The topological polar surface area (TPSA) is 99.7 Å². The Hall–Kier alpha value is -5.80. The SMILES string of the molecule is CCCCCCCCCC(=O)/C=C/c1ccc2c(c1)C(C)(C)c1cc(N(C)CC(=O)Nc3ccc(NCCN(CCc4ccccn4)Cc4ccccn4)c(OC)c3)ccc1-2. The van der Waals surface area contributed by atoms with Crippen molar-refractivity contribution < 1.29 is 14.3 Å². The number of hydrogen-bond acceptors (Lipinski definition) is 8. The molecule has 2 heterocycles. The molecule has 0 radical (unpaired) electrons. The van der Waals surface area contributed by atoms with E-state index in [1.165, 1.54) is 54.4 Å². The summed E-state index contributed by atoms with van der Waals surface area (Å²) in [4.78, 5) is 39.4. The molecule has 0 aliphatic heterocycles. The summed E-state index contributed by atoms with van der Waals surface area (Å²) in [6.07, 6.45) is 17.3. The first kappa shape index (κ1) is 44.7. The van der Waals surface area contributed by atoms with Crippen molar-refractivity contribution in [2.24, 2.45) is 0 Å². The number of nitrogens with one attached hydrogen (secondary N) is 2. The highest BCUT2D eigenvalue weighted by molar-refractivity contribution is 5.95. The molecule has 320 valence electrons. The number of nitrogens with zero attached hydrogens (tertiary/aromatic N) is 4. The van der Waals surface area contributed by atoms with Crippen LogP contribution in [-0.2, 0) is 28.0 Å². The predicted octanol–water partition coefficient (Wildman–Crippen LogP) is 10.7. The van der Waals surface area contributed by atoms with Gasteiger partial charge in [-0.3, -0.25) is 24.5 Å². The van der Waals surface area contributed by atoms with Gasteiger partial charge in [-0.15, -0.1) is 0 Å². The van der Waals surface area contributed by atoms with E-state index in [0.717, 1.165) is 67.2 Å². The van der Waals surface area contributed by atoms with Crippen LogP contribution in [-0.4, -0.2) is 66.9 Å². The number of fused-ring (bicyclic) bond motifs is 3. The number of unbranched alkanes of at least 4 members (excludes halogenated alkanes) is 6. The molecule has 0 bridgehead atoms. The number of pyridine rings is 2. The van der Waals surface area contributed by atoms with Gasteiger partial charge in [-0.25, -0.2) is 0 Å². The number of ether oxygens (including phenoxy) is 1. The van der Waals surface area contributed by atoms with Crippen LogP contribution in [0.15, 0.2) is 109 Å². The van der Waals surface area contributed by atoms with Crippen molar-refractivity contribution in [1.29, 1.82) is 0 Å². The number of methoxy groups -OCH3 is 1. The van der Waals surface area contributed by atoms with Gasteiger partial charge in [0.1, 0.15) is 5.75 Å². The molecule has 61 heavy (non-hydrogen) atoms. The van der Waals surface area contributed by atoms with Gasteiger partial charge in [0, 0.05) is 87.0 Å². The average molecular weight is 821 g/mol. The molecular weight excluding hydrogens is 757 g/mol. The zero-order chi connectivity index (χ0) is 43.0. The van der Waals surface area contributed by atoms with Crippen LogP contribution < -0.4 is 20.3 Å². The van der Waals surface area contributed by atoms with E-state index < -0.39 is 0 Å². The molecule has 9 heteroatoms. The molecule has 0 atom stereocenters. The van der Waals surface area contributed by atoms with Gasteiger partial charge < -0.3 is 20.3 Å². The van der Waals surface area contributed by atoms with Crippen LogP contribution in [0.5, 0.6) is 5.75 Å². The summed E-state index contributed by atoms with van der Waals surface area (Å²) in [5, 5.41) is 6.60. The van der Waals surface area contributed by atoms with E-state index in [2.05, 4.69) is 94.8 Å². The molecule has 3 aromatic carbocycles. The zero-order valence-electron chi connectivity index (χ0n) is 36.9. The molecule has 0 unspecified atom stereocenters. The van der Waals surface area contributed by atoms with E-state index in [1.807, 2.05) is 72.9 Å². The van der Waals surface area contributed by atoms with Gasteiger partial charge in [0.05, 0.1) is 25.0 Å². The normalized spacial score (nSPS) is 12.6. The largest absolute Gasteiger partial charge is 0.495 e. The molecule has 1 amide bonds. The fourth-order valence-electron chi connectivity index (χ4n) is 8.19. The molecule has 2 aromatic heterocycles. The van der Waals surface area contributed by atoms with Crippen molar-refractivity contribution in [1.82, 2.24) is 14.9 Å². The van der Waals surface area contributed by atoms with E-state index in [4.69, 9.17) is 4.74 Å². The average Bonchev–Trinajstić information content (AvgIpc) is 3.50. The number of carbonyl (C=O) groups is 2. The van der Waals surface area contributed by atoms with Crippen LogP contribution in [0.1, 0.15) is 100 Å². The first-order chi connectivity index (χ1) is 29.6. The second-order valence-corrected chi connectivity index (χ2v) is 16.7. The number of ketones is 1. The van der Waals surface area contributed by atoms with E-state index in [9.17, 15) is 9.59 Å². The maximum absolute atomic E-state index is 13.4. The van der Waals surface area contributed by atoms with Crippen molar-refractivity contribution >= 4 is 34.8 Å². The molecular formula is C52H64N6O3. The van der Waals surface area contributed by atoms with Gasteiger partial charge >= 0.3 is 0 Å². The van der Waals surface area contributed by atoms with Crippen molar-refractivity contribution in [3.63, 3.8) is 0 Å². The molecule has 0 spiro atoms. The van der Waals surface area contributed by atoms with Crippen molar-refractivity contribution in [2.75, 3.05) is 55.9 Å². The van der Waals surface area contributed by atoms with E-state index in [-0.39, 0.29) is 23.7 Å². The number of allylic oxidation sites excluding steroid dienone is 1. The van der Waals surface area contributed by atoms with E-state index in [0.29, 0.717) is 24.4 Å². The minimum Gasteiger partial charge on any atom is -0.495 e. The highest BCUT2D eigenvalue weighted by atomic mass is 16.5. The van der Waals surface area contributed by atoms with Gasteiger partial charge in [0.25, 0.3) is 0 Å². The van der Waals surface area contributed by atoms with Crippen LogP contribution in [0.2, 0.25) is 0 Å². The number of amides is 1. The lowest BCUT2D eigenvalue weighted by Gasteiger charge is -2.25. The Balaban J connectivity index is 1.01. The molecule has 0 fully saturated rings. The fourth-order valence-corrected chi connectivity index (χ4v) is 8.19. The highest BCUT2D eigenvalue weighted by Crippen LogP contribution is 2.50. The number of aromatic nitrogens is 2. The molecule has 6 rings (SSSR count). The van der Waals surface area contributed by atoms with Crippen LogP contribution in [0, 0.1) is 0 Å². The minimum absolute atomic E-state index is 0.121. The van der Waals surface area contributed by atoms with Crippen molar-refractivity contribution in [2.45, 2.75) is 90.5 Å². The third kappa shape index (κ3) is 12.6. The van der Waals surface area contributed by atoms with Crippen LogP contribution in [0.25, 0.3) is 17.2 Å². The number of hydrogen-bond donors (Lipinski definition) is 2. The Morgan fingerprint density at radius 1 is 0.787 bits per heavy atom. The summed E-state index contributed by atoms with van der Waals surface area (Å²) in [7, 11) is 3.59. The Bertz CT molecular complexity index is 2220. The van der Waals surface area contributed by atoms with Crippen LogP contribution in [0.3, 0.4) is 0 Å². The molecule has 1 aliphatic carbocycles. The maximum Gasteiger partial charge on any atom is 0.243 e. The number of anilines is 3. The summed E-state index contributed by atoms with van der Waals surface area (Å²) in [5.74, 6) is 0.732. The van der Waals surface area contributed by atoms with E-state index >= 15 is 0 Å². The molecule has 2 N–H and O–H groups in total. The van der Waals surface area contributed by atoms with Gasteiger partial charge in [0.2, 0.25) is 5.91 Å². The number of rotatable bonds is 24. The molecule has 1 aliphatic rings. The molecule has 9 nitrogen and oxygen atoms in total. The first-order valence-electron chi connectivity index (χ1n) is 22.1. The van der Waals surface area contributed by atoms with Crippen LogP contribution >= 0.6 is 0 Å². The molecule has 0 saturated carbocycles. The Morgan fingerprint density at radius 3 is 2.21 bits per heavy atom. The zero-order valence-corrected chi connectivity index (χ0v) is 36.9. The Morgan fingerprint density at radius 2 is 1.49 bits per heavy atom. The summed E-state index contributed by atoms with van der Waals surface area (Å²) in [5.41, 5.74) is 10.3. The lowest BCUT2D eigenvalue weighted by atomic mass is 9.82. The van der Waals surface area contributed by atoms with Gasteiger partial charge in [-0.05, 0) is 88.8 Å². The third-order valence-electron chi connectivity index (χ3n) is 11.7.